The van der Waals surface area contributed by atoms with Gasteiger partial charge in [0.15, 0.2) is 9.84 Å². The lowest BCUT2D eigenvalue weighted by molar-refractivity contribution is -0.0987. The highest BCUT2D eigenvalue weighted by Gasteiger charge is 2.46. The van der Waals surface area contributed by atoms with Crippen molar-refractivity contribution in [2.24, 2.45) is 10.8 Å². The zero-order valence-corrected chi connectivity index (χ0v) is 12.1. The largest absolute Gasteiger partial charge is 0.467 e. The molecule has 0 saturated carbocycles. The zero-order chi connectivity index (χ0) is 13.6. The van der Waals surface area contributed by atoms with E-state index in [2.05, 4.69) is 0 Å². The molecule has 2 atom stereocenters. The topological polar surface area (TPSA) is 63.6 Å². The quantitative estimate of drug-likeness (QED) is 0.725. The highest BCUT2D eigenvalue weighted by molar-refractivity contribution is 7.95. The average Bonchev–Trinajstić information content (AvgIpc) is 1.94. The summed E-state index contributed by atoms with van der Waals surface area (Å²) in [5, 5.41) is 10.2. The highest BCUT2D eigenvalue weighted by atomic mass is 32.2. The maximum atomic E-state index is 12.2. The van der Waals surface area contributed by atoms with Crippen LogP contribution in [-0.4, -0.2) is 25.1 Å². The predicted octanol–water partition coefficient (Wildman–Crippen LogP) is 2.05. The van der Waals surface area contributed by atoms with Gasteiger partial charge in [-0.25, -0.2) is 8.42 Å². The Morgan fingerprint density at radius 2 is 1.65 bits per heavy atom. The molecule has 0 bridgehead atoms. The van der Waals surface area contributed by atoms with Crippen molar-refractivity contribution in [1.29, 1.82) is 0 Å². The standard InChI is InChI=1S/C12H22O4S/c1-11(2,3)8-7-17(14,15)9(10(13)16-8)12(4,5)6/h7,9-10,13H,1-6H3. The van der Waals surface area contributed by atoms with E-state index >= 15 is 0 Å². The molecule has 0 amide bonds. The summed E-state index contributed by atoms with van der Waals surface area (Å²) < 4.78 is 29.7. The van der Waals surface area contributed by atoms with Crippen molar-refractivity contribution in [2.45, 2.75) is 53.1 Å². The average molecular weight is 262 g/mol. The summed E-state index contributed by atoms with van der Waals surface area (Å²) in [5.74, 6) is 0.311. The maximum absolute atomic E-state index is 12.2. The second-order valence-electron chi connectivity index (χ2n) is 6.62. The Labute approximate surface area is 104 Å². The molecular formula is C12H22O4S. The van der Waals surface area contributed by atoms with Crippen LogP contribution in [-0.2, 0) is 14.6 Å². The van der Waals surface area contributed by atoms with Crippen molar-refractivity contribution >= 4 is 9.84 Å². The van der Waals surface area contributed by atoms with Gasteiger partial charge in [0.25, 0.3) is 0 Å². The van der Waals surface area contributed by atoms with Crippen LogP contribution in [0, 0.1) is 10.8 Å². The SMILES string of the molecule is CC(C)(C)C1=CS(=O)(=O)C(C(C)(C)C)C(O)O1. The molecule has 0 aromatic rings. The molecular weight excluding hydrogens is 240 g/mol. The molecule has 1 rings (SSSR count). The number of rotatable bonds is 0. The van der Waals surface area contributed by atoms with Crippen LogP contribution in [0.5, 0.6) is 0 Å². The van der Waals surface area contributed by atoms with Gasteiger partial charge < -0.3 is 9.84 Å². The van der Waals surface area contributed by atoms with Gasteiger partial charge in [0.2, 0.25) is 6.29 Å². The molecule has 1 aliphatic heterocycles. The molecule has 0 spiro atoms. The first-order chi connectivity index (χ1) is 7.36. The summed E-state index contributed by atoms with van der Waals surface area (Å²) >= 11 is 0. The van der Waals surface area contributed by atoms with Gasteiger partial charge in [-0.3, -0.25) is 0 Å². The fourth-order valence-electron chi connectivity index (χ4n) is 1.88. The van der Waals surface area contributed by atoms with Crippen molar-refractivity contribution in [3.8, 4) is 0 Å². The summed E-state index contributed by atoms with van der Waals surface area (Å²) in [4.78, 5) is 0. The third-order valence-corrected chi connectivity index (χ3v) is 4.92. The van der Waals surface area contributed by atoms with Gasteiger partial charge in [-0.2, -0.15) is 0 Å². The Balaban J connectivity index is 3.28. The van der Waals surface area contributed by atoms with E-state index in [0.29, 0.717) is 5.76 Å². The summed E-state index contributed by atoms with van der Waals surface area (Å²) in [6.45, 7) is 10.9. The Morgan fingerprint density at radius 1 is 1.18 bits per heavy atom. The van der Waals surface area contributed by atoms with Crippen LogP contribution in [0.1, 0.15) is 41.5 Å². The number of hydrogen-bond donors (Lipinski definition) is 1. The minimum absolute atomic E-state index is 0.311. The van der Waals surface area contributed by atoms with Gasteiger partial charge in [0.05, 0.1) is 5.41 Å². The van der Waals surface area contributed by atoms with Gasteiger partial charge in [-0.15, -0.1) is 0 Å². The fraction of sp³-hybridized carbons (Fsp3) is 0.833. The van der Waals surface area contributed by atoms with Crippen molar-refractivity contribution in [2.75, 3.05) is 0 Å². The fourth-order valence-corrected chi connectivity index (χ4v) is 4.10. The molecule has 0 fully saturated rings. The molecule has 0 radical (unpaired) electrons. The molecule has 0 saturated heterocycles. The lowest BCUT2D eigenvalue weighted by Gasteiger charge is -2.38. The van der Waals surface area contributed by atoms with E-state index in [1.54, 1.807) is 20.8 Å². The Morgan fingerprint density at radius 3 is 1.94 bits per heavy atom. The number of allylic oxidation sites excluding steroid dienone is 1. The van der Waals surface area contributed by atoms with Crippen molar-refractivity contribution in [3.63, 3.8) is 0 Å². The van der Waals surface area contributed by atoms with E-state index in [9.17, 15) is 13.5 Å². The van der Waals surface area contributed by atoms with Gasteiger partial charge in [0.1, 0.15) is 11.0 Å². The zero-order valence-electron chi connectivity index (χ0n) is 11.3. The molecule has 1 N–H and O–H groups in total. The second-order valence-corrected chi connectivity index (χ2v) is 8.54. The van der Waals surface area contributed by atoms with Crippen LogP contribution in [0.25, 0.3) is 0 Å². The Bertz CT molecular complexity index is 420. The van der Waals surface area contributed by atoms with E-state index in [-0.39, 0.29) is 0 Å². The van der Waals surface area contributed by atoms with Gasteiger partial charge in [-0.1, -0.05) is 41.5 Å². The molecule has 0 aliphatic carbocycles. The second kappa shape index (κ2) is 3.99. The smallest absolute Gasteiger partial charge is 0.214 e. The van der Waals surface area contributed by atoms with Crippen LogP contribution < -0.4 is 0 Å². The molecule has 17 heavy (non-hydrogen) atoms. The molecule has 0 aromatic heterocycles. The van der Waals surface area contributed by atoms with Gasteiger partial charge in [-0.05, 0) is 5.41 Å². The van der Waals surface area contributed by atoms with Crippen molar-refractivity contribution in [3.05, 3.63) is 11.2 Å². The Hall–Kier alpha value is -0.550. The first kappa shape index (κ1) is 14.5. The number of sulfone groups is 1. The molecule has 1 heterocycles. The Kier molecular flexibility index (Phi) is 3.40. The van der Waals surface area contributed by atoms with Crippen LogP contribution >= 0.6 is 0 Å². The number of aliphatic hydroxyl groups excluding tert-OH is 1. The monoisotopic (exact) mass is 262 g/mol. The summed E-state index contributed by atoms with van der Waals surface area (Å²) in [7, 11) is -3.50. The van der Waals surface area contributed by atoms with Crippen molar-refractivity contribution in [1.82, 2.24) is 0 Å². The number of aliphatic hydroxyl groups is 1. The molecule has 100 valence electrons. The normalized spacial score (nSPS) is 29.5. The third kappa shape index (κ3) is 3.01. The first-order valence-corrected chi connectivity index (χ1v) is 7.27. The molecule has 4 nitrogen and oxygen atoms in total. The van der Waals surface area contributed by atoms with E-state index in [1.165, 1.54) is 0 Å². The number of hydrogen-bond acceptors (Lipinski definition) is 4. The van der Waals surface area contributed by atoms with Gasteiger partial charge in [0, 0.05) is 5.41 Å². The van der Waals surface area contributed by atoms with E-state index < -0.39 is 32.2 Å². The lowest BCUT2D eigenvalue weighted by atomic mass is 9.90. The summed E-state index contributed by atoms with van der Waals surface area (Å²) in [6, 6.07) is 0. The molecule has 5 heteroatoms. The summed E-state index contributed by atoms with van der Waals surface area (Å²) in [6.07, 6.45) is -1.31. The molecule has 0 aromatic carbocycles. The van der Waals surface area contributed by atoms with Crippen LogP contribution in [0.15, 0.2) is 11.2 Å². The molecule has 2 unspecified atom stereocenters. The van der Waals surface area contributed by atoms with E-state index in [1.807, 2.05) is 20.8 Å². The molecule has 1 aliphatic rings. The first-order valence-electron chi connectivity index (χ1n) is 5.66. The predicted molar refractivity (Wildman–Crippen MR) is 66.8 cm³/mol. The minimum Gasteiger partial charge on any atom is -0.467 e. The van der Waals surface area contributed by atoms with Gasteiger partial charge >= 0.3 is 0 Å². The van der Waals surface area contributed by atoms with E-state index in [0.717, 1.165) is 5.41 Å². The highest BCUT2D eigenvalue weighted by Crippen LogP contribution is 2.39. The third-order valence-electron chi connectivity index (χ3n) is 2.72. The van der Waals surface area contributed by atoms with Crippen LogP contribution in [0.3, 0.4) is 0 Å². The van der Waals surface area contributed by atoms with Crippen LogP contribution in [0.4, 0.5) is 0 Å². The lowest BCUT2D eigenvalue weighted by Crippen LogP contribution is -2.48. The van der Waals surface area contributed by atoms with E-state index in [4.69, 9.17) is 4.74 Å². The van der Waals surface area contributed by atoms with Crippen molar-refractivity contribution < 1.29 is 18.3 Å². The maximum Gasteiger partial charge on any atom is 0.214 e. The van der Waals surface area contributed by atoms with Crippen LogP contribution in [0.2, 0.25) is 0 Å². The minimum atomic E-state index is -3.50. The number of ether oxygens (including phenoxy) is 1. The summed E-state index contributed by atoms with van der Waals surface area (Å²) in [5.41, 5.74) is -1.00.